The number of carbonyl (C=O) groups is 2. The van der Waals surface area contributed by atoms with E-state index in [2.05, 4.69) is 20.8 Å². The minimum atomic E-state index is -1.11. The minimum Gasteiger partial charge on any atom is -0.478 e. The molecule has 25 heavy (non-hydrogen) atoms. The van der Waals surface area contributed by atoms with Crippen LogP contribution >= 0.6 is 0 Å². The second-order valence-corrected chi connectivity index (χ2v) is 7.20. The SMILES string of the molecule is CC1=C(CC/C(=C/C(=O)O)OC(=O)c2ccccc2)C(C)(C)CCC1. The van der Waals surface area contributed by atoms with Crippen molar-refractivity contribution in [2.45, 2.75) is 52.9 Å². The minimum absolute atomic E-state index is 0.111. The second-order valence-electron chi connectivity index (χ2n) is 7.20. The number of ether oxygens (including phenoxy) is 1. The number of carboxylic acids is 1. The lowest BCUT2D eigenvalue weighted by Gasteiger charge is -2.34. The summed E-state index contributed by atoms with van der Waals surface area (Å²) in [5.74, 6) is -1.44. The van der Waals surface area contributed by atoms with Crippen molar-refractivity contribution >= 4 is 11.9 Å². The van der Waals surface area contributed by atoms with Crippen LogP contribution in [0.3, 0.4) is 0 Å². The van der Waals surface area contributed by atoms with Gasteiger partial charge in [0.2, 0.25) is 0 Å². The molecule has 4 heteroatoms. The van der Waals surface area contributed by atoms with Gasteiger partial charge in [0.15, 0.2) is 0 Å². The largest absolute Gasteiger partial charge is 0.478 e. The normalized spacial score (nSPS) is 17.3. The van der Waals surface area contributed by atoms with Crippen LogP contribution in [0.4, 0.5) is 0 Å². The number of aliphatic carboxylic acids is 1. The number of benzene rings is 1. The van der Waals surface area contributed by atoms with Crippen LogP contribution in [-0.2, 0) is 9.53 Å². The molecule has 0 amide bonds. The van der Waals surface area contributed by atoms with Crippen molar-refractivity contribution in [3.05, 3.63) is 58.9 Å². The van der Waals surface area contributed by atoms with E-state index < -0.39 is 11.9 Å². The molecule has 0 aliphatic heterocycles. The fraction of sp³-hybridized carbons (Fsp3) is 0.429. The Morgan fingerprint density at radius 2 is 1.92 bits per heavy atom. The highest BCUT2D eigenvalue weighted by Gasteiger charge is 2.28. The lowest BCUT2D eigenvalue weighted by molar-refractivity contribution is -0.131. The number of rotatable bonds is 6. The molecule has 1 aliphatic carbocycles. The maximum absolute atomic E-state index is 12.2. The Kier molecular flexibility index (Phi) is 6.18. The highest BCUT2D eigenvalue weighted by Crippen LogP contribution is 2.42. The average Bonchev–Trinajstić information content (AvgIpc) is 2.53. The number of hydrogen-bond acceptors (Lipinski definition) is 3. The van der Waals surface area contributed by atoms with Crippen molar-refractivity contribution in [3.63, 3.8) is 0 Å². The number of carbonyl (C=O) groups excluding carboxylic acids is 1. The third-order valence-electron chi connectivity index (χ3n) is 4.82. The predicted molar refractivity (Wildman–Crippen MR) is 97.1 cm³/mol. The van der Waals surface area contributed by atoms with Crippen LogP contribution in [0.5, 0.6) is 0 Å². The van der Waals surface area contributed by atoms with Gasteiger partial charge >= 0.3 is 11.9 Å². The number of allylic oxidation sites excluding steroid dienone is 3. The summed E-state index contributed by atoms with van der Waals surface area (Å²) >= 11 is 0. The molecule has 1 aromatic carbocycles. The van der Waals surface area contributed by atoms with Gasteiger partial charge in [-0.1, -0.05) is 43.2 Å². The molecule has 1 N–H and O–H groups in total. The molecule has 0 aromatic heterocycles. The van der Waals surface area contributed by atoms with Crippen molar-refractivity contribution in [2.75, 3.05) is 0 Å². The lowest BCUT2D eigenvalue weighted by Crippen LogP contribution is -2.20. The van der Waals surface area contributed by atoms with Crippen molar-refractivity contribution in [1.29, 1.82) is 0 Å². The van der Waals surface area contributed by atoms with Crippen LogP contribution in [0.1, 0.15) is 63.2 Å². The summed E-state index contributed by atoms with van der Waals surface area (Å²) in [5, 5.41) is 9.08. The highest BCUT2D eigenvalue weighted by atomic mass is 16.5. The maximum Gasteiger partial charge on any atom is 0.343 e. The average molecular weight is 342 g/mol. The molecule has 1 aromatic rings. The van der Waals surface area contributed by atoms with Gasteiger partial charge in [-0.15, -0.1) is 0 Å². The smallest absolute Gasteiger partial charge is 0.343 e. The van der Waals surface area contributed by atoms with E-state index in [0.717, 1.165) is 18.9 Å². The molecule has 0 fully saturated rings. The van der Waals surface area contributed by atoms with Crippen LogP contribution in [0.15, 0.2) is 53.3 Å². The highest BCUT2D eigenvalue weighted by molar-refractivity contribution is 5.90. The van der Waals surface area contributed by atoms with Gasteiger partial charge in [-0.3, -0.25) is 0 Å². The molecule has 0 spiro atoms. The number of esters is 1. The van der Waals surface area contributed by atoms with Gasteiger partial charge < -0.3 is 9.84 Å². The third-order valence-corrected chi connectivity index (χ3v) is 4.82. The first kappa shape index (κ1) is 19.0. The zero-order chi connectivity index (χ0) is 18.4. The van der Waals surface area contributed by atoms with Gasteiger partial charge in [-0.25, -0.2) is 9.59 Å². The molecule has 4 nitrogen and oxygen atoms in total. The Morgan fingerprint density at radius 1 is 1.24 bits per heavy atom. The second kappa shape index (κ2) is 8.15. The summed E-state index contributed by atoms with van der Waals surface area (Å²) in [6, 6.07) is 8.60. The summed E-state index contributed by atoms with van der Waals surface area (Å²) in [6.45, 7) is 6.59. The molecule has 0 saturated heterocycles. The maximum atomic E-state index is 12.2. The molecular formula is C21H26O4. The summed E-state index contributed by atoms with van der Waals surface area (Å²) < 4.78 is 5.36. The Bertz CT molecular complexity index is 696. The van der Waals surface area contributed by atoms with Crippen molar-refractivity contribution in [1.82, 2.24) is 0 Å². The fourth-order valence-corrected chi connectivity index (χ4v) is 3.52. The summed E-state index contributed by atoms with van der Waals surface area (Å²) in [5.41, 5.74) is 3.25. The number of hydrogen-bond donors (Lipinski definition) is 1. The molecule has 2 rings (SSSR count). The fourth-order valence-electron chi connectivity index (χ4n) is 3.52. The van der Waals surface area contributed by atoms with E-state index >= 15 is 0 Å². The monoisotopic (exact) mass is 342 g/mol. The zero-order valence-corrected chi connectivity index (χ0v) is 15.2. The number of carboxylic acid groups (broad SMARTS) is 1. The predicted octanol–water partition coefficient (Wildman–Crippen LogP) is 5.12. The molecule has 0 atom stereocenters. The van der Waals surface area contributed by atoms with Crippen LogP contribution < -0.4 is 0 Å². The Labute approximate surface area is 149 Å². The molecule has 0 heterocycles. The van der Waals surface area contributed by atoms with E-state index in [1.807, 2.05) is 6.07 Å². The van der Waals surface area contributed by atoms with Crippen molar-refractivity contribution in [3.8, 4) is 0 Å². The molecule has 1 aliphatic rings. The molecular weight excluding hydrogens is 316 g/mol. The molecule has 134 valence electrons. The van der Waals surface area contributed by atoms with E-state index in [4.69, 9.17) is 9.84 Å². The van der Waals surface area contributed by atoms with Gasteiger partial charge in [0.25, 0.3) is 0 Å². The van der Waals surface area contributed by atoms with Gasteiger partial charge in [0.1, 0.15) is 5.76 Å². The molecule has 0 saturated carbocycles. The Balaban J connectivity index is 2.11. The van der Waals surface area contributed by atoms with Gasteiger partial charge in [-0.2, -0.15) is 0 Å². The van der Waals surface area contributed by atoms with Gasteiger partial charge in [0, 0.05) is 6.42 Å². The van der Waals surface area contributed by atoms with E-state index in [-0.39, 0.29) is 11.2 Å². The molecule has 0 unspecified atom stereocenters. The van der Waals surface area contributed by atoms with E-state index in [1.165, 1.54) is 17.6 Å². The first-order valence-electron chi connectivity index (χ1n) is 8.69. The van der Waals surface area contributed by atoms with E-state index in [9.17, 15) is 9.59 Å². The van der Waals surface area contributed by atoms with Gasteiger partial charge in [0.05, 0.1) is 11.6 Å². The standard InChI is InChI=1S/C21H26O4/c1-15-8-7-13-21(2,3)18(15)12-11-17(14-19(22)23)25-20(24)16-9-5-4-6-10-16/h4-6,9-10,14H,7-8,11-13H2,1-3H3,(H,22,23)/b17-14-. The van der Waals surface area contributed by atoms with Crippen LogP contribution in [0.25, 0.3) is 0 Å². The van der Waals surface area contributed by atoms with E-state index in [1.54, 1.807) is 24.3 Å². The molecule has 0 radical (unpaired) electrons. The van der Waals surface area contributed by atoms with E-state index in [0.29, 0.717) is 18.4 Å². The third kappa shape index (κ3) is 5.31. The zero-order valence-electron chi connectivity index (χ0n) is 15.2. The molecule has 0 bridgehead atoms. The first-order valence-corrected chi connectivity index (χ1v) is 8.69. The summed E-state index contributed by atoms with van der Waals surface area (Å²) in [4.78, 5) is 23.3. The first-order chi connectivity index (χ1) is 11.8. The summed E-state index contributed by atoms with van der Waals surface area (Å²) in [6.07, 6.45) is 5.50. The Morgan fingerprint density at radius 3 is 2.52 bits per heavy atom. The quantitative estimate of drug-likeness (QED) is 0.337. The van der Waals surface area contributed by atoms with Gasteiger partial charge in [-0.05, 0) is 50.2 Å². The summed E-state index contributed by atoms with van der Waals surface area (Å²) in [7, 11) is 0. The topological polar surface area (TPSA) is 63.6 Å². The van der Waals surface area contributed by atoms with Crippen molar-refractivity contribution < 1.29 is 19.4 Å². The Hall–Kier alpha value is -2.36. The lowest BCUT2D eigenvalue weighted by atomic mass is 9.71. The van der Waals surface area contributed by atoms with Crippen LogP contribution in [0, 0.1) is 5.41 Å². The van der Waals surface area contributed by atoms with Crippen LogP contribution in [0.2, 0.25) is 0 Å². The van der Waals surface area contributed by atoms with Crippen LogP contribution in [-0.4, -0.2) is 17.0 Å². The van der Waals surface area contributed by atoms with Crippen molar-refractivity contribution in [2.24, 2.45) is 5.41 Å².